The number of furan rings is 1. The Bertz CT molecular complexity index is 1240. The van der Waals surface area contributed by atoms with Crippen LogP contribution >= 0.6 is 0 Å². The predicted octanol–water partition coefficient (Wildman–Crippen LogP) is -0.224. The Hall–Kier alpha value is -3.32. The summed E-state index contributed by atoms with van der Waals surface area (Å²) >= 11 is 0. The van der Waals surface area contributed by atoms with Gasteiger partial charge in [0.1, 0.15) is 23.4 Å². The zero-order chi connectivity index (χ0) is 22.8. The number of H-pyrrole nitrogens is 1. The number of ether oxygens (including phenoxy) is 1. The number of aromatic amines is 1. The molecule has 4 rings (SSSR count). The fourth-order valence-corrected chi connectivity index (χ4v) is 3.66. The van der Waals surface area contributed by atoms with Crippen molar-refractivity contribution in [2.45, 2.75) is 31.0 Å². The van der Waals surface area contributed by atoms with Gasteiger partial charge in [-0.2, -0.15) is 4.94 Å². The Balaban J connectivity index is 1.51. The maximum absolute atomic E-state index is 13.0. The first-order chi connectivity index (χ1) is 15.4. The number of carbonyl (C=O) groups excluding carboxylic acids is 1. The van der Waals surface area contributed by atoms with Crippen molar-refractivity contribution in [2.24, 2.45) is 0 Å². The molecular formula is C20H20FN3O8. The van der Waals surface area contributed by atoms with Crippen molar-refractivity contribution in [3.63, 3.8) is 0 Å². The number of aliphatic hydroxyl groups is 2. The maximum atomic E-state index is 13.0. The fraction of sp³-hybridized carbons (Fsp3) is 0.350. The Morgan fingerprint density at radius 3 is 2.84 bits per heavy atom. The molecule has 1 fully saturated rings. The van der Waals surface area contributed by atoms with E-state index >= 15 is 0 Å². The number of aromatic nitrogens is 2. The lowest BCUT2D eigenvalue weighted by Crippen LogP contribution is -2.41. The quantitative estimate of drug-likeness (QED) is 0.386. The number of aliphatic hydroxyl groups excluding tert-OH is 2. The van der Waals surface area contributed by atoms with Gasteiger partial charge < -0.3 is 24.7 Å². The molecule has 1 saturated heterocycles. The summed E-state index contributed by atoms with van der Waals surface area (Å²) < 4.78 is 24.4. The molecule has 12 heteroatoms. The molecule has 3 heterocycles. The molecule has 2 aromatic heterocycles. The number of halogens is 1. The number of amides is 1. The highest BCUT2D eigenvalue weighted by Gasteiger charge is 2.47. The highest BCUT2D eigenvalue weighted by atomic mass is 19.3. The van der Waals surface area contributed by atoms with Crippen molar-refractivity contribution in [1.82, 2.24) is 14.9 Å². The Morgan fingerprint density at radius 1 is 1.31 bits per heavy atom. The van der Waals surface area contributed by atoms with E-state index in [9.17, 15) is 29.1 Å². The van der Waals surface area contributed by atoms with E-state index < -0.39 is 53.9 Å². The molecule has 1 aliphatic heterocycles. The number of benzene rings is 1. The summed E-state index contributed by atoms with van der Waals surface area (Å²) in [5.74, 6) is -0.775. The van der Waals surface area contributed by atoms with Crippen molar-refractivity contribution in [3.8, 4) is 0 Å². The van der Waals surface area contributed by atoms with Gasteiger partial charge >= 0.3 is 5.69 Å². The molecule has 0 radical (unpaired) electrons. The van der Waals surface area contributed by atoms with E-state index in [4.69, 9.17) is 9.15 Å². The number of nitrogens with zero attached hydrogens (tertiary/aromatic N) is 1. The van der Waals surface area contributed by atoms with E-state index in [1.807, 2.05) is 29.2 Å². The minimum Gasteiger partial charge on any atom is -0.464 e. The molecule has 3 aromatic rings. The van der Waals surface area contributed by atoms with E-state index in [2.05, 4.69) is 10.3 Å². The normalized spacial score (nSPS) is 23.0. The van der Waals surface area contributed by atoms with E-state index in [-0.39, 0.29) is 6.54 Å². The van der Waals surface area contributed by atoms with Gasteiger partial charge in [-0.1, -0.05) is 18.2 Å². The van der Waals surface area contributed by atoms with Gasteiger partial charge in [0.15, 0.2) is 12.3 Å². The topological polar surface area (TPSA) is 156 Å². The van der Waals surface area contributed by atoms with Crippen LogP contribution in [0.2, 0.25) is 0 Å². The van der Waals surface area contributed by atoms with Gasteiger partial charge in [0, 0.05) is 18.1 Å². The predicted molar refractivity (Wildman–Crippen MR) is 107 cm³/mol. The molecule has 0 aliphatic carbocycles. The van der Waals surface area contributed by atoms with Crippen LogP contribution in [0.25, 0.3) is 11.0 Å². The summed E-state index contributed by atoms with van der Waals surface area (Å²) in [7, 11) is 0. The van der Waals surface area contributed by atoms with Crippen LogP contribution in [0.4, 0.5) is 4.53 Å². The monoisotopic (exact) mass is 449 g/mol. The van der Waals surface area contributed by atoms with Crippen LogP contribution in [-0.4, -0.2) is 57.1 Å². The lowest BCUT2D eigenvalue weighted by molar-refractivity contribution is -0.221. The third kappa shape index (κ3) is 3.96. The molecule has 0 bridgehead atoms. The van der Waals surface area contributed by atoms with E-state index in [0.29, 0.717) is 12.0 Å². The van der Waals surface area contributed by atoms with Crippen LogP contribution in [0.5, 0.6) is 0 Å². The van der Waals surface area contributed by atoms with Crippen molar-refractivity contribution >= 4 is 16.9 Å². The highest BCUT2D eigenvalue weighted by molar-refractivity contribution is 5.93. The maximum Gasteiger partial charge on any atom is 0.330 e. The van der Waals surface area contributed by atoms with Crippen molar-refractivity contribution in [3.05, 3.63) is 68.7 Å². The molecule has 4 atom stereocenters. The molecular weight excluding hydrogens is 429 g/mol. The zero-order valence-corrected chi connectivity index (χ0v) is 16.6. The van der Waals surface area contributed by atoms with Crippen LogP contribution < -0.4 is 16.6 Å². The smallest absolute Gasteiger partial charge is 0.330 e. The summed E-state index contributed by atoms with van der Waals surface area (Å²) in [5, 5.41) is 22.7. The number of nitrogens with one attached hydrogen (secondary N) is 2. The van der Waals surface area contributed by atoms with Crippen LogP contribution in [0.1, 0.15) is 22.1 Å². The molecule has 0 spiro atoms. The van der Waals surface area contributed by atoms with Gasteiger partial charge in [-0.25, -0.2) is 4.79 Å². The van der Waals surface area contributed by atoms with Crippen molar-refractivity contribution in [2.75, 3.05) is 13.2 Å². The first-order valence-corrected chi connectivity index (χ1v) is 9.75. The standard InChI is InChI=1S/C20H20FN3O8/c21-32-16-15(26)14(8-25)31-19(16)24-7-12(18(28)23-20(24)29)17(27)22-6-5-10-9-30-13-4-2-1-3-11(10)13/h1-4,7,9,14-16,19,25-26H,5-6,8H2,(H,22,27)(H,23,28,29)/t14-,15+,16-,19-/m1/s1. The van der Waals surface area contributed by atoms with Crippen LogP contribution in [0.3, 0.4) is 0 Å². The van der Waals surface area contributed by atoms with Gasteiger partial charge in [-0.3, -0.25) is 19.1 Å². The number of fused-ring (bicyclic) bond motifs is 1. The molecule has 170 valence electrons. The van der Waals surface area contributed by atoms with E-state index in [0.717, 1.165) is 21.7 Å². The summed E-state index contributed by atoms with van der Waals surface area (Å²) in [5.41, 5.74) is -0.806. The van der Waals surface area contributed by atoms with E-state index in [1.165, 1.54) is 0 Å². The van der Waals surface area contributed by atoms with Crippen LogP contribution in [0.15, 0.2) is 50.7 Å². The number of rotatable bonds is 7. The second kappa shape index (κ2) is 9.04. The Labute approximate surface area is 178 Å². The van der Waals surface area contributed by atoms with Crippen molar-refractivity contribution < 1.29 is 33.6 Å². The zero-order valence-electron chi connectivity index (χ0n) is 16.6. The van der Waals surface area contributed by atoms with Gasteiger partial charge in [-0.05, 0) is 22.6 Å². The summed E-state index contributed by atoms with van der Waals surface area (Å²) in [4.78, 5) is 42.6. The molecule has 1 aromatic carbocycles. The lowest BCUT2D eigenvalue weighted by atomic mass is 10.1. The fourth-order valence-electron chi connectivity index (χ4n) is 3.66. The first-order valence-electron chi connectivity index (χ1n) is 9.75. The second-order valence-electron chi connectivity index (χ2n) is 7.26. The van der Waals surface area contributed by atoms with Gasteiger partial charge in [0.2, 0.25) is 0 Å². The third-order valence-electron chi connectivity index (χ3n) is 5.32. The second-order valence-corrected chi connectivity index (χ2v) is 7.26. The minimum absolute atomic E-state index is 0.169. The molecule has 11 nitrogen and oxygen atoms in total. The SMILES string of the molecule is O=C(NCCc1coc2ccccc12)c1cn([C@@H]2O[C@H](CO)[C@H](O)[C@H]2OF)c(=O)[nH]c1=O. The van der Waals surface area contributed by atoms with Crippen molar-refractivity contribution in [1.29, 1.82) is 0 Å². The summed E-state index contributed by atoms with van der Waals surface area (Å²) in [6, 6.07) is 7.40. The van der Waals surface area contributed by atoms with Crippen LogP contribution in [-0.2, 0) is 16.1 Å². The minimum atomic E-state index is -1.65. The average Bonchev–Trinajstić information content (AvgIpc) is 3.34. The number of para-hydroxylation sites is 1. The van der Waals surface area contributed by atoms with E-state index in [1.54, 1.807) is 6.26 Å². The summed E-state index contributed by atoms with van der Waals surface area (Å²) in [6.07, 6.45) is -3.05. The number of hydrogen-bond donors (Lipinski definition) is 4. The molecule has 1 amide bonds. The lowest BCUT2D eigenvalue weighted by Gasteiger charge is -2.18. The molecule has 0 saturated carbocycles. The van der Waals surface area contributed by atoms with Gasteiger partial charge in [0.25, 0.3) is 11.5 Å². The average molecular weight is 449 g/mol. The Kier molecular flexibility index (Phi) is 6.19. The highest BCUT2D eigenvalue weighted by Crippen LogP contribution is 2.30. The summed E-state index contributed by atoms with van der Waals surface area (Å²) in [6.45, 7) is -0.492. The largest absolute Gasteiger partial charge is 0.464 e. The Morgan fingerprint density at radius 2 is 2.09 bits per heavy atom. The molecule has 0 unspecified atom stereocenters. The van der Waals surface area contributed by atoms with Gasteiger partial charge in [-0.15, -0.1) is 0 Å². The molecule has 1 aliphatic rings. The number of carbonyl (C=O) groups is 1. The van der Waals surface area contributed by atoms with Crippen LogP contribution in [0, 0.1) is 0 Å². The molecule has 32 heavy (non-hydrogen) atoms. The third-order valence-corrected chi connectivity index (χ3v) is 5.32. The van der Waals surface area contributed by atoms with Gasteiger partial charge in [0.05, 0.1) is 12.9 Å². The number of hydrogen-bond acceptors (Lipinski definition) is 8. The molecule has 4 N–H and O–H groups in total. The first kappa shape index (κ1) is 21.9.